The highest BCUT2D eigenvalue weighted by atomic mass is 32.2. The normalized spacial score (nSPS) is 14.6. The van der Waals surface area contributed by atoms with Gasteiger partial charge in [0.15, 0.2) is 5.16 Å². The van der Waals surface area contributed by atoms with E-state index in [1.807, 2.05) is 29.6 Å². The maximum Gasteiger partial charge on any atom is 0.272 e. The van der Waals surface area contributed by atoms with Crippen molar-refractivity contribution in [2.75, 3.05) is 5.75 Å². The van der Waals surface area contributed by atoms with Crippen LogP contribution >= 0.6 is 23.1 Å². The molecular weight excluding hydrogens is 390 g/mol. The topological polar surface area (TPSA) is 64.0 Å². The maximum absolute atomic E-state index is 13.0. The van der Waals surface area contributed by atoms with Gasteiger partial charge in [0.25, 0.3) is 5.56 Å². The summed E-state index contributed by atoms with van der Waals surface area (Å²) in [7, 11) is 0. The fraction of sp³-hybridized carbons (Fsp3) is 0.381. The molecule has 1 N–H and O–H groups in total. The van der Waals surface area contributed by atoms with Crippen LogP contribution in [0.25, 0.3) is 10.2 Å². The fourth-order valence-electron chi connectivity index (χ4n) is 3.59. The van der Waals surface area contributed by atoms with E-state index in [9.17, 15) is 9.59 Å². The number of aryl methyl sites for hydroxylation is 1. The van der Waals surface area contributed by atoms with Crippen LogP contribution in [-0.4, -0.2) is 27.3 Å². The Bertz CT molecular complexity index is 1010. The van der Waals surface area contributed by atoms with Crippen molar-refractivity contribution in [1.82, 2.24) is 14.9 Å². The molecule has 0 saturated heterocycles. The van der Waals surface area contributed by atoms with Gasteiger partial charge in [-0.2, -0.15) is 0 Å². The number of fused-ring (bicyclic) bond motifs is 1. The van der Waals surface area contributed by atoms with Crippen molar-refractivity contribution in [2.45, 2.75) is 49.8 Å². The molecule has 0 unspecified atom stereocenters. The number of nitrogens with one attached hydrogen (secondary N) is 1. The summed E-state index contributed by atoms with van der Waals surface area (Å²) in [6.45, 7) is 0.552. The lowest BCUT2D eigenvalue weighted by Gasteiger charge is -2.14. The Kier molecular flexibility index (Phi) is 6.12. The van der Waals surface area contributed by atoms with Crippen LogP contribution in [0.1, 0.15) is 31.2 Å². The second-order valence-electron chi connectivity index (χ2n) is 7.06. The number of carbonyl (C=O) groups excluding carboxylic acids is 1. The monoisotopic (exact) mass is 413 g/mol. The molecule has 1 aliphatic carbocycles. The van der Waals surface area contributed by atoms with E-state index in [0.29, 0.717) is 28.0 Å². The predicted octanol–water partition coefficient (Wildman–Crippen LogP) is 3.85. The van der Waals surface area contributed by atoms with Gasteiger partial charge in [-0.25, -0.2) is 4.98 Å². The first-order valence-electron chi connectivity index (χ1n) is 9.65. The third kappa shape index (κ3) is 4.47. The Morgan fingerprint density at radius 1 is 1.21 bits per heavy atom. The van der Waals surface area contributed by atoms with Crippen LogP contribution < -0.4 is 10.9 Å². The van der Waals surface area contributed by atoms with Gasteiger partial charge in [-0.3, -0.25) is 14.2 Å². The summed E-state index contributed by atoms with van der Waals surface area (Å²) in [4.78, 5) is 30.0. The summed E-state index contributed by atoms with van der Waals surface area (Å²) >= 11 is 2.77. The summed E-state index contributed by atoms with van der Waals surface area (Å²) in [5, 5.41) is 5.61. The number of thiophene rings is 1. The predicted molar refractivity (Wildman–Crippen MR) is 115 cm³/mol. The lowest BCUT2D eigenvalue weighted by molar-refractivity contribution is -0.119. The van der Waals surface area contributed by atoms with Crippen molar-refractivity contribution in [1.29, 1.82) is 0 Å². The Balaban J connectivity index is 1.51. The summed E-state index contributed by atoms with van der Waals surface area (Å²) < 4.78 is 2.40. The van der Waals surface area contributed by atoms with Crippen LogP contribution in [0.5, 0.6) is 0 Å². The van der Waals surface area contributed by atoms with Crippen molar-refractivity contribution >= 4 is 39.2 Å². The zero-order chi connectivity index (χ0) is 19.3. The van der Waals surface area contributed by atoms with Crippen LogP contribution in [0.2, 0.25) is 0 Å². The quantitative estimate of drug-likeness (QED) is 0.472. The average molecular weight is 414 g/mol. The SMILES string of the molecule is O=C(CSc1nc2ccsc2c(=O)n1CCc1ccccc1)NC1CCCC1. The third-order valence-electron chi connectivity index (χ3n) is 5.05. The van der Waals surface area contributed by atoms with E-state index in [-0.39, 0.29) is 17.2 Å². The van der Waals surface area contributed by atoms with Crippen LogP contribution in [0, 0.1) is 0 Å². The molecule has 1 aliphatic rings. The van der Waals surface area contributed by atoms with E-state index in [1.54, 1.807) is 4.57 Å². The largest absolute Gasteiger partial charge is 0.353 e. The van der Waals surface area contributed by atoms with E-state index in [0.717, 1.165) is 19.3 Å². The molecule has 4 rings (SSSR count). The Morgan fingerprint density at radius 2 is 2.00 bits per heavy atom. The van der Waals surface area contributed by atoms with E-state index in [1.165, 1.54) is 41.5 Å². The smallest absolute Gasteiger partial charge is 0.272 e. The van der Waals surface area contributed by atoms with Gasteiger partial charge in [0.05, 0.1) is 11.3 Å². The van der Waals surface area contributed by atoms with Crippen molar-refractivity contribution in [3.05, 3.63) is 57.7 Å². The average Bonchev–Trinajstić information content (AvgIpc) is 3.38. The summed E-state index contributed by atoms with van der Waals surface area (Å²) in [5.74, 6) is 0.301. The number of hydrogen-bond donors (Lipinski definition) is 1. The van der Waals surface area contributed by atoms with Crippen LogP contribution in [0.4, 0.5) is 0 Å². The lowest BCUT2D eigenvalue weighted by atomic mass is 10.1. The molecule has 7 heteroatoms. The number of hydrogen-bond acceptors (Lipinski definition) is 5. The molecule has 1 aromatic carbocycles. The minimum atomic E-state index is -0.0189. The summed E-state index contributed by atoms with van der Waals surface area (Å²) in [6.07, 6.45) is 5.26. The van der Waals surface area contributed by atoms with Crippen molar-refractivity contribution < 1.29 is 4.79 Å². The molecule has 1 saturated carbocycles. The molecule has 0 bridgehead atoms. The first kappa shape index (κ1) is 19.2. The van der Waals surface area contributed by atoms with Crippen LogP contribution in [0.15, 0.2) is 51.7 Å². The fourth-order valence-corrected chi connectivity index (χ4v) is 5.20. The third-order valence-corrected chi connectivity index (χ3v) is 6.92. The van der Waals surface area contributed by atoms with Gasteiger partial charge in [-0.15, -0.1) is 11.3 Å². The molecule has 5 nitrogen and oxygen atoms in total. The highest BCUT2D eigenvalue weighted by molar-refractivity contribution is 7.99. The molecule has 2 aromatic heterocycles. The van der Waals surface area contributed by atoms with Crippen molar-refractivity contribution in [3.63, 3.8) is 0 Å². The summed E-state index contributed by atoms with van der Waals surface area (Å²) in [6, 6.07) is 12.3. The number of benzene rings is 1. The van der Waals surface area contributed by atoms with Crippen molar-refractivity contribution in [3.8, 4) is 0 Å². The van der Waals surface area contributed by atoms with E-state index < -0.39 is 0 Å². The van der Waals surface area contributed by atoms with Gasteiger partial charge >= 0.3 is 0 Å². The number of amides is 1. The minimum Gasteiger partial charge on any atom is -0.353 e. The molecule has 0 aliphatic heterocycles. The van der Waals surface area contributed by atoms with Gasteiger partial charge in [0.2, 0.25) is 5.91 Å². The number of aromatic nitrogens is 2. The van der Waals surface area contributed by atoms with Gasteiger partial charge < -0.3 is 5.32 Å². The first-order chi connectivity index (χ1) is 13.7. The van der Waals surface area contributed by atoms with Gasteiger partial charge in [0.1, 0.15) is 4.70 Å². The number of thioether (sulfide) groups is 1. The molecule has 1 fully saturated rings. The van der Waals surface area contributed by atoms with E-state index in [4.69, 9.17) is 0 Å². The molecule has 28 heavy (non-hydrogen) atoms. The molecule has 146 valence electrons. The standard InChI is InChI=1S/C21H23N3O2S2/c25-18(22-16-8-4-5-9-16)14-28-21-23-17-11-13-27-19(17)20(26)24(21)12-10-15-6-2-1-3-7-15/h1-3,6-7,11,13,16H,4-5,8-10,12,14H2,(H,22,25). The lowest BCUT2D eigenvalue weighted by Crippen LogP contribution is -2.34. The number of nitrogens with zero attached hydrogens (tertiary/aromatic N) is 2. The second-order valence-corrected chi connectivity index (χ2v) is 8.92. The van der Waals surface area contributed by atoms with Crippen LogP contribution in [-0.2, 0) is 17.8 Å². The molecular formula is C21H23N3O2S2. The van der Waals surface area contributed by atoms with Gasteiger partial charge in [-0.1, -0.05) is 54.9 Å². The van der Waals surface area contributed by atoms with Crippen molar-refractivity contribution in [2.24, 2.45) is 0 Å². The Labute approximate surface area is 172 Å². The van der Waals surface area contributed by atoms with Gasteiger partial charge in [-0.05, 0) is 36.3 Å². The number of carbonyl (C=O) groups is 1. The first-order valence-corrected chi connectivity index (χ1v) is 11.5. The van der Waals surface area contributed by atoms with Crippen LogP contribution in [0.3, 0.4) is 0 Å². The molecule has 3 aromatic rings. The number of rotatable bonds is 7. The second kappa shape index (κ2) is 8.92. The zero-order valence-electron chi connectivity index (χ0n) is 15.6. The Morgan fingerprint density at radius 3 is 2.79 bits per heavy atom. The summed E-state index contributed by atoms with van der Waals surface area (Å²) in [5.41, 5.74) is 1.87. The minimum absolute atomic E-state index is 0.0189. The highest BCUT2D eigenvalue weighted by Gasteiger charge is 2.18. The molecule has 0 atom stereocenters. The zero-order valence-corrected chi connectivity index (χ0v) is 17.2. The van der Waals surface area contributed by atoms with E-state index in [2.05, 4.69) is 22.4 Å². The molecule has 1 amide bonds. The highest BCUT2D eigenvalue weighted by Crippen LogP contribution is 2.22. The van der Waals surface area contributed by atoms with E-state index >= 15 is 0 Å². The van der Waals surface area contributed by atoms with Gasteiger partial charge in [0, 0.05) is 12.6 Å². The Hall–Kier alpha value is -2.12. The molecule has 2 heterocycles. The molecule has 0 radical (unpaired) electrons. The molecule has 0 spiro atoms. The maximum atomic E-state index is 13.0.